The zero-order valence-electron chi connectivity index (χ0n) is 11.8. The zero-order valence-corrected chi connectivity index (χ0v) is 12.6. The molecule has 20 heavy (non-hydrogen) atoms. The van der Waals surface area contributed by atoms with Gasteiger partial charge in [-0.2, -0.15) is 10.4 Å². The van der Waals surface area contributed by atoms with Crippen LogP contribution in [0.3, 0.4) is 0 Å². The monoisotopic (exact) mass is 289 g/mol. The Labute approximate surface area is 125 Å². The van der Waals surface area contributed by atoms with Crippen LogP contribution in [-0.2, 0) is 0 Å². The molecule has 0 radical (unpaired) electrons. The van der Waals surface area contributed by atoms with Crippen LogP contribution in [0.25, 0.3) is 0 Å². The fourth-order valence-electron chi connectivity index (χ4n) is 1.53. The Balaban J connectivity index is 2.52. The van der Waals surface area contributed by atoms with Crippen LogP contribution >= 0.6 is 12.2 Å². The van der Waals surface area contributed by atoms with E-state index in [1.165, 1.54) is 0 Å². The zero-order chi connectivity index (χ0) is 14.8. The molecular weight excluding hydrogens is 270 g/mol. The van der Waals surface area contributed by atoms with Crippen molar-refractivity contribution in [1.82, 2.24) is 10.7 Å². The molecule has 0 saturated carbocycles. The maximum absolute atomic E-state index is 8.57. The van der Waals surface area contributed by atoms with Crippen LogP contribution in [0.5, 0.6) is 0 Å². The van der Waals surface area contributed by atoms with Gasteiger partial charge in [-0.3, -0.25) is 5.43 Å². The maximum atomic E-state index is 8.57. The average molecular weight is 289 g/mol. The molecule has 1 rings (SSSR count). The van der Waals surface area contributed by atoms with E-state index in [4.69, 9.17) is 17.5 Å². The fourth-order valence-corrected chi connectivity index (χ4v) is 1.72. The number of hydrogen-bond donors (Lipinski definition) is 2. The molecule has 0 aliphatic heterocycles. The molecule has 0 bridgehead atoms. The molecule has 0 amide bonds. The minimum absolute atomic E-state index is 0.511. The molecule has 0 aliphatic carbocycles. The fraction of sp³-hybridized carbons (Fsp3) is 0.357. The number of hydrogen-bond acceptors (Lipinski definition) is 4. The molecular formula is C14H19N5S. The highest BCUT2D eigenvalue weighted by Gasteiger charge is 1.99. The molecule has 0 atom stereocenters. The van der Waals surface area contributed by atoms with Gasteiger partial charge in [0.1, 0.15) is 0 Å². The van der Waals surface area contributed by atoms with E-state index in [1.54, 1.807) is 6.21 Å². The summed E-state index contributed by atoms with van der Waals surface area (Å²) in [6, 6.07) is 10.1. The third kappa shape index (κ3) is 5.67. The molecule has 0 fully saturated rings. The summed E-state index contributed by atoms with van der Waals surface area (Å²) >= 11 is 5.00. The SMILES string of the molecule is CCNC(=S)N/N=C\c1ccc(N(C)CCC#N)cc1. The predicted octanol–water partition coefficient (Wildman–Crippen LogP) is 1.85. The summed E-state index contributed by atoms with van der Waals surface area (Å²) in [7, 11) is 1.97. The van der Waals surface area contributed by atoms with E-state index in [0.717, 1.165) is 24.3 Å². The summed E-state index contributed by atoms with van der Waals surface area (Å²) in [5.74, 6) is 0. The summed E-state index contributed by atoms with van der Waals surface area (Å²) in [5.41, 5.74) is 4.80. The predicted molar refractivity (Wildman–Crippen MR) is 86.9 cm³/mol. The summed E-state index contributed by atoms with van der Waals surface area (Å²) in [6.45, 7) is 3.47. The Morgan fingerprint density at radius 2 is 2.15 bits per heavy atom. The Bertz CT molecular complexity index is 489. The number of benzene rings is 1. The van der Waals surface area contributed by atoms with Crippen LogP contribution in [0.4, 0.5) is 5.69 Å². The number of nitrogens with zero attached hydrogens (tertiary/aromatic N) is 3. The number of rotatable bonds is 6. The van der Waals surface area contributed by atoms with Crippen molar-refractivity contribution in [3.63, 3.8) is 0 Å². The van der Waals surface area contributed by atoms with Crippen molar-refractivity contribution in [2.75, 3.05) is 25.0 Å². The van der Waals surface area contributed by atoms with Crippen molar-refractivity contribution >= 4 is 29.2 Å². The van der Waals surface area contributed by atoms with Gasteiger partial charge in [0.2, 0.25) is 0 Å². The second-order valence-electron chi connectivity index (χ2n) is 4.15. The average Bonchev–Trinajstić information content (AvgIpc) is 2.46. The standard InChI is InChI=1S/C14H19N5S/c1-3-16-14(20)18-17-11-12-5-7-13(8-6-12)19(2)10-4-9-15/h5-8,11H,3-4,10H2,1-2H3,(H2,16,18,20)/b17-11-. The van der Waals surface area contributed by atoms with Gasteiger partial charge in [0.25, 0.3) is 0 Å². The lowest BCUT2D eigenvalue weighted by Crippen LogP contribution is -2.31. The van der Waals surface area contributed by atoms with Crippen molar-refractivity contribution in [2.45, 2.75) is 13.3 Å². The number of nitriles is 1. The second-order valence-corrected chi connectivity index (χ2v) is 4.56. The molecule has 106 valence electrons. The first-order chi connectivity index (χ1) is 9.67. The summed E-state index contributed by atoms with van der Waals surface area (Å²) in [4.78, 5) is 2.04. The van der Waals surface area contributed by atoms with Crippen molar-refractivity contribution in [1.29, 1.82) is 5.26 Å². The van der Waals surface area contributed by atoms with Gasteiger partial charge in [0.05, 0.1) is 18.7 Å². The van der Waals surface area contributed by atoms with Crippen LogP contribution in [0, 0.1) is 11.3 Å². The smallest absolute Gasteiger partial charge is 0.186 e. The lowest BCUT2D eigenvalue weighted by Gasteiger charge is -2.17. The van der Waals surface area contributed by atoms with E-state index in [-0.39, 0.29) is 0 Å². The quantitative estimate of drug-likeness (QED) is 0.475. The van der Waals surface area contributed by atoms with Crippen molar-refractivity contribution in [2.24, 2.45) is 5.10 Å². The van der Waals surface area contributed by atoms with Gasteiger partial charge >= 0.3 is 0 Å². The molecule has 0 spiro atoms. The van der Waals surface area contributed by atoms with Gasteiger partial charge in [-0.05, 0) is 36.8 Å². The number of thiocarbonyl (C=S) groups is 1. The molecule has 0 heterocycles. The van der Waals surface area contributed by atoms with Gasteiger partial charge in [0.15, 0.2) is 5.11 Å². The Morgan fingerprint density at radius 1 is 1.45 bits per heavy atom. The molecule has 0 aliphatic rings. The van der Waals surface area contributed by atoms with E-state index in [0.29, 0.717) is 11.5 Å². The van der Waals surface area contributed by atoms with Crippen LogP contribution in [0.1, 0.15) is 18.9 Å². The van der Waals surface area contributed by atoms with Gasteiger partial charge in [-0.25, -0.2) is 0 Å². The van der Waals surface area contributed by atoms with Crippen LogP contribution in [-0.4, -0.2) is 31.5 Å². The Hall–Kier alpha value is -2.13. The first-order valence-electron chi connectivity index (χ1n) is 6.42. The van der Waals surface area contributed by atoms with E-state index in [9.17, 15) is 0 Å². The molecule has 0 saturated heterocycles. The van der Waals surface area contributed by atoms with Crippen molar-refractivity contribution in [3.05, 3.63) is 29.8 Å². The van der Waals surface area contributed by atoms with E-state index >= 15 is 0 Å². The summed E-state index contributed by atoms with van der Waals surface area (Å²) < 4.78 is 0. The third-order valence-corrected chi connectivity index (χ3v) is 2.85. The number of anilines is 1. The minimum Gasteiger partial charge on any atom is -0.374 e. The van der Waals surface area contributed by atoms with Crippen LogP contribution in [0.2, 0.25) is 0 Å². The molecule has 6 heteroatoms. The summed E-state index contributed by atoms with van der Waals surface area (Å²) in [5, 5.41) is 16.1. The highest BCUT2D eigenvalue weighted by atomic mass is 32.1. The Kier molecular flexibility index (Phi) is 7.07. The van der Waals surface area contributed by atoms with Gasteiger partial charge in [-0.15, -0.1) is 0 Å². The van der Waals surface area contributed by atoms with E-state index in [1.807, 2.05) is 43.1 Å². The lowest BCUT2D eigenvalue weighted by molar-refractivity contribution is 0.903. The number of nitrogens with one attached hydrogen (secondary N) is 2. The second kappa shape index (κ2) is 8.88. The third-order valence-electron chi connectivity index (χ3n) is 2.61. The number of hydrazone groups is 1. The molecule has 1 aromatic carbocycles. The van der Waals surface area contributed by atoms with Crippen molar-refractivity contribution in [3.8, 4) is 6.07 Å². The van der Waals surface area contributed by atoms with Gasteiger partial charge in [-0.1, -0.05) is 12.1 Å². The highest BCUT2D eigenvalue weighted by molar-refractivity contribution is 7.80. The topological polar surface area (TPSA) is 63.5 Å². The largest absolute Gasteiger partial charge is 0.374 e. The molecule has 5 nitrogen and oxygen atoms in total. The van der Waals surface area contributed by atoms with Gasteiger partial charge in [0, 0.05) is 25.8 Å². The van der Waals surface area contributed by atoms with Crippen LogP contribution < -0.4 is 15.6 Å². The first-order valence-corrected chi connectivity index (χ1v) is 6.83. The van der Waals surface area contributed by atoms with E-state index < -0.39 is 0 Å². The minimum atomic E-state index is 0.511. The van der Waals surface area contributed by atoms with Crippen LogP contribution in [0.15, 0.2) is 29.4 Å². The molecule has 0 unspecified atom stereocenters. The molecule has 2 N–H and O–H groups in total. The first kappa shape index (κ1) is 15.9. The molecule has 0 aromatic heterocycles. The maximum Gasteiger partial charge on any atom is 0.186 e. The van der Waals surface area contributed by atoms with E-state index in [2.05, 4.69) is 21.9 Å². The summed E-state index contributed by atoms with van der Waals surface area (Å²) in [6.07, 6.45) is 2.23. The lowest BCUT2D eigenvalue weighted by atomic mass is 10.2. The van der Waals surface area contributed by atoms with Crippen molar-refractivity contribution < 1.29 is 0 Å². The van der Waals surface area contributed by atoms with Gasteiger partial charge < -0.3 is 10.2 Å². The highest BCUT2D eigenvalue weighted by Crippen LogP contribution is 2.13. The Morgan fingerprint density at radius 3 is 2.75 bits per heavy atom. The normalized spacial score (nSPS) is 10.1. The molecule has 1 aromatic rings.